The summed E-state index contributed by atoms with van der Waals surface area (Å²) >= 11 is 0. The van der Waals surface area contributed by atoms with E-state index in [1.165, 1.54) is 31.5 Å². The molecule has 0 aliphatic carbocycles. The standard InChI is InChI=1S/C26H34N2O2/c1-30-25-11-5-9-22(19-25)26(29)23-10-6-15-28(20-23)24-13-17-27(18-14-24)16-12-21-7-3-2-4-8-21/h2-5,7-9,11,19,23-24H,6,10,12-18,20H2,1H3. The van der Waals surface area contributed by atoms with Gasteiger partial charge in [0.05, 0.1) is 7.11 Å². The van der Waals surface area contributed by atoms with Gasteiger partial charge in [-0.05, 0) is 69.4 Å². The first-order valence-corrected chi connectivity index (χ1v) is 11.4. The van der Waals surface area contributed by atoms with Crippen LogP contribution < -0.4 is 4.74 Å². The first kappa shape index (κ1) is 21.1. The van der Waals surface area contributed by atoms with E-state index in [9.17, 15) is 4.79 Å². The highest BCUT2D eigenvalue weighted by Crippen LogP contribution is 2.27. The molecule has 0 aromatic heterocycles. The molecule has 4 heteroatoms. The van der Waals surface area contributed by atoms with E-state index in [0.717, 1.165) is 50.2 Å². The van der Waals surface area contributed by atoms with Gasteiger partial charge in [0.25, 0.3) is 0 Å². The second kappa shape index (κ2) is 10.2. The Labute approximate surface area is 180 Å². The number of ether oxygens (including phenoxy) is 1. The summed E-state index contributed by atoms with van der Waals surface area (Å²) in [6, 6.07) is 19.0. The largest absolute Gasteiger partial charge is 0.497 e. The first-order chi connectivity index (χ1) is 14.7. The van der Waals surface area contributed by atoms with Crippen molar-refractivity contribution >= 4 is 5.78 Å². The van der Waals surface area contributed by atoms with Crippen molar-refractivity contribution in [3.8, 4) is 5.75 Å². The smallest absolute Gasteiger partial charge is 0.167 e. The number of methoxy groups -OCH3 is 1. The molecule has 1 unspecified atom stereocenters. The SMILES string of the molecule is COc1cccc(C(=O)C2CCCN(C3CCN(CCc4ccccc4)CC3)C2)c1. The number of likely N-dealkylation sites (tertiary alicyclic amines) is 2. The maximum Gasteiger partial charge on any atom is 0.167 e. The molecule has 4 rings (SSSR count). The molecular weight excluding hydrogens is 372 g/mol. The summed E-state index contributed by atoms with van der Waals surface area (Å²) in [5.74, 6) is 1.15. The molecule has 1 atom stereocenters. The van der Waals surface area contributed by atoms with Crippen LogP contribution >= 0.6 is 0 Å². The molecule has 2 aliphatic rings. The van der Waals surface area contributed by atoms with Crippen LogP contribution in [0.2, 0.25) is 0 Å². The molecule has 2 aliphatic heterocycles. The van der Waals surface area contributed by atoms with Crippen molar-refractivity contribution < 1.29 is 9.53 Å². The van der Waals surface area contributed by atoms with Gasteiger partial charge in [0.2, 0.25) is 0 Å². The number of piperidine rings is 2. The number of carbonyl (C=O) groups excluding carboxylic acids is 1. The Hall–Kier alpha value is -2.17. The lowest BCUT2D eigenvalue weighted by Gasteiger charge is -2.42. The van der Waals surface area contributed by atoms with Crippen LogP contribution in [0.15, 0.2) is 54.6 Å². The number of Topliss-reactive ketones (excluding diaryl/α,β-unsaturated/α-hetero) is 1. The van der Waals surface area contributed by atoms with Gasteiger partial charge in [0.1, 0.15) is 5.75 Å². The molecule has 0 radical (unpaired) electrons. The van der Waals surface area contributed by atoms with Gasteiger partial charge in [-0.3, -0.25) is 9.69 Å². The lowest BCUT2D eigenvalue weighted by molar-refractivity contribution is 0.0598. The van der Waals surface area contributed by atoms with E-state index >= 15 is 0 Å². The van der Waals surface area contributed by atoms with E-state index in [0.29, 0.717) is 6.04 Å². The quantitative estimate of drug-likeness (QED) is 0.642. The van der Waals surface area contributed by atoms with Crippen LogP contribution in [0.25, 0.3) is 0 Å². The topological polar surface area (TPSA) is 32.8 Å². The molecule has 4 nitrogen and oxygen atoms in total. The number of hydrogen-bond donors (Lipinski definition) is 0. The van der Waals surface area contributed by atoms with Gasteiger partial charge in [-0.15, -0.1) is 0 Å². The molecule has 160 valence electrons. The molecule has 2 aromatic rings. The fraction of sp³-hybridized carbons (Fsp3) is 0.500. The molecule has 0 spiro atoms. The van der Waals surface area contributed by atoms with Gasteiger partial charge in [0.15, 0.2) is 5.78 Å². The Morgan fingerprint density at radius 2 is 1.80 bits per heavy atom. The maximum atomic E-state index is 13.1. The van der Waals surface area contributed by atoms with Gasteiger partial charge >= 0.3 is 0 Å². The number of carbonyl (C=O) groups is 1. The minimum absolute atomic E-state index is 0.113. The highest BCUT2D eigenvalue weighted by atomic mass is 16.5. The zero-order valence-corrected chi connectivity index (χ0v) is 18.1. The van der Waals surface area contributed by atoms with Crippen LogP contribution in [0.5, 0.6) is 5.75 Å². The Morgan fingerprint density at radius 1 is 1.00 bits per heavy atom. The van der Waals surface area contributed by atoms with E-state index in [4.69, 9.17) is 4.74 Å². The Balaban J connectivity index is 1.27. The monoisotopic (exact) mass is 406 g/mol. The van der Waals surface area contributed by atoms with Crippen molar-refractivity contribution in [3.63, 3.8) is 0 Å². The van der Waals surface area contributed by atoms with Crippen molar-refractivity contribution in [2.45, 2.75) is 38.1 Å². The minimum Gasteiger partial charge on any atom is -0.497 e. The minimum atomic E-state index is 0.113. The van der Waals surface area contributed by atoms with Crippen molar-refractivity contribution in [2.75, 3.05) is 39.8 Å². The van der Waals surface area contributed by atoms with Gasteiger partial charge < -0.3 is 9.64 Å². The van der Waals surface area contributed by atoms with Gasteiger partial charge in [-0.1, -0.05) is 42.5 Å². The third-order valence-electron chi connectivity index (χ3n) is 6.81. The summed E-state index contributed by atoms with van der Waals surface area (Å²) < 4.78 is 5.30. The zero-order valence-electron chi connectivity index (χ0n) is 18.1. The lowest BCUT2D eigenvalue weighted by atomic mass is 9.88. The Morgan fingerprint density at radius 3 is 2.57 bits per heavy atom. The zero-order chi connectivity index (χ0) is 20.8. The van der Waals surface area contributed by atoms with E-state index in [2.05, 4.69) is 40.1 Å². The van der Waals surface area contributed by atoms with E-state index in [1.54, 1.807) is 7.11 Å². The molecule has 0 N–H and O–H groups in total. The predicted molar refractivity (Wildman–Crippen MR) is 121 cm³/mol. The second-order valence-electron chi connectivity index (χ2n) is 8.74. The molecule has 2 fully saturated rings. The van der Waals surface area contributed by atoms with E-state index < -0.39 is 0 Å². The molecule has 2 heterocycles. The van der Waals surface area contributed by atoms with Crippen LogP contribution in [-0.2, 0) is 6.42 Å². The fourth-order valence-corrected chi connectivity index (χ4v) is 5.00. The van der Waals surface area contributed by atoms with Crippen molar-refractivity contribution in [1.29, 1.82) is 0 Å². The number of hydrogen-bond acceptors (Lipinski definition) is 4. The predicted octanol–water partition coefficient (Wildman–Crippen LogP) is 4.30. The summed E-state index contributed by atoms with van der Waals surface area (Å²) in [6.07, 6.45) is 5.69. The summed E-state index contributed by atoms with van der Waals surface area (Å²) in [6.45, 7) is 5.53. The summed E-state index contributed by atoms with van der Waals surface area (Å²) in [5, 5.41) is 0. The van der Waals surface area contributed by atoms with Crippen LogP contribution in [0.4, 0.5) is 0 Å². The molecule has 0 amide bonds. The summed E-state index contributed by atoms with van der Waals surface area (Å²) in [7, 11) is 1.65. The van der Waals surface area contributed by atoms with Gasteiger partial charge in [-0.2, -0.15) is 0 Å². The van der Waals surface area contributed by atoms with Crippen LogP contribution in [0.1, 0.15) is 41.6 Å². The average molecular weight is 407 g/mol. The summed E-state index contributed by atoms with van der Waals surface area (Å²) in [4.78, 5) is 18.3. The molecule has 0 bridgehead atoms. The van der Waals surface area contributed by atoms with E-state index in [-0.39, 0.29) is 11.7 Å². The fourth-order valence-electron chi connectivity index (χ4n) is 5.00. The normalized spacial score (nSPS) is 21.4. The third kappa shape index (κ3) is 5.30. The summed E-state index contributed by atoms with van der Waals surface area (Å²) in [5.41, 5.74) is 2.21. The number of benzene rings is 2. The number of rotatable bonds is 7. The van der Waals surface area contributed by atoms with Crippen LogP contribution in [-0.4, -0.2) is 61.5 Å². The maximum absolute atomic E-state index is 13.1. The molecule has 30 heavy (non-hydrogen) atoms. The lowest BCUT2D eigenvalue weighted by Crippen LogP contribution is -2.49. The second-order valence-corrected chi connectivity index (χ2v) is 8.74. The molecular formula is C26H34N2O2. The number of ketones is 1. The van der Waals surface area contributed by atoms with Crippen LogP contribution in [0, 0.1) is 5.92 Å². The van der Waals surface area contributed by atoms with Crippen molar-refractivity contribution in [3.05, 3.63) is 65.7 Å². The molecule has 2 aromatic carbocycles. The molecule has 0 saturated carbocycles. The highest BCUT2D eigenvalue weighted by Gasteiger charge is 2.32. The van der Waals surface area contributed by atoms with Crippen molar-refractivity contribution in [1.82, 2.24) is 9.80 Å². The molecule has 2 saturated heterocycles. The Bertz CT molecular complexity index is 815. The third-order valence-corrected chi connectivity index (χ3v) is 6.81. The number of nitrogens with zero attached hydrogens (tertiary/aromatic N) is 2. The van der Waals surface area contributed by atoms with E-state index in [1.807, 2.05) is 24.3 Å². The van der Waals surface area contributed by atoms with Gasteiger partial charge in [0, 0.05) is 30.6 Å². The average Bonchev–Trinajstić information content (AvgIpc) is 2.83. The highest BCUT2D eigenvalue weighted by molar-refractivity contribution is 5.98. The van der Waals surface area contributed by atoms with Crippen molar-refractivity contribution in [2.24, 2.45) is 5.92 Å². The van der Waals surface area contributed by atoms with Crippen LogP contribution in [0.3, 0.4) is 0 Å². The first-order valence-electron chi connectivity index (χ1n) is 11.4. The Kier molecular flexibility index (Phi) is 7.19. The van der Waals surface area contributed by atoms with Gasteiger partial charge in [-0.25, -0.2) is 0 Å².